The molecule has 2 heterocycles. The molecule has 1 unspecified atom stereocenters. The Hall–Kier alpha value is -1.74. The number of benzene rings is 1. The van der Waals surface area contributed by atoms with Crippen molar-refractivity contribution in [2.24, 2.45) is 4.99 Å². The fraction of sp³-hybridized carbons (Fsp3) is 0.368. The fourth-order valence-electron chi connectivity index (χ4n) is 3.07. The third kappa shape index (κ3) is 5.87. The summed E-state index contributed by atoms with van der Waals surface area (Å²) in [7, 11) is 3.49. The van der Waals surface area contributed by atoms with E-state index in [4.69, 9.17) is 16.3 Å². The molecule has 0 radical (unpaired) electrons. The molecule has 1 aromatic carbocycles. The molecule has 6 nitrogen and oxygen atoms in total. The minimum Gasteiger partial charge on any atom is -0.495 e. The molecule has 1 fully saturated rings. The normalized spacial score (nSPS) is 16.6. The van der Waals surface area contributed by atoms with E-state index in [0.717, 1.165) is 42.5 Å². The third-order valence-corrected chi connectivity index (χ3v) is 4.65. The summed E-state index contributed by atoms with van der Waals surface area (Å²) in [4.78, 5) is 10.8. The van der Waals surface area contributed by atoms with Crippen LogP contribution in [0.4, 0.5) is 5.69 Å². The highest BCUT2D eigenvalue weighted by Crippen LogP contribution is 2.30. The molecule has 146 valence electrons. The predicted octanol–water partition coefficient (Wildman–Crippen LogP) is 3.31. The molecule has 2 N–H and O–H groups in total. The maximum Gasteiger partial charge on any atom is 0.191 e. The lowest BCUT2D eigenvalue weighted by Crippen LogP contribution is -2.44. The van der Waals surface area contributed by atoms with Gasteiger partial charge >= 0.3 is 0 Å². The fourth-order valence-corrected chi connectivity index (χ4v) is 3.18. The van der Waals surface area contributed by atoms with Crippen LogP contribution in [0.15, 0.2) is 47.6 Å². The molecule has 1 aliphatic rings. The van der Waals surface area contributed by atoms with Gasteiger partial charge < -0.3 is 20.3 Å². The second-order valence-corrected chi connectivity index (χ2v) is 6.55. The SMILES string of the molecule is CN=C(NCc1ccc(Cl)nc1)NC1CCN(c2ccccc2OC)C1.I. The van der Waals surface area contributed by atoms with Gasteiger partial charge in [-0.05, 0) is 30.2 Å². The zero-order valence-corrected chi connectivity index (χ0v) is 18.6. The molecule has 8 heteroatoms. The van der Waals surface area contributed by atoms with E-state index >= 15 is 0 Å². The van der Waals surface area contributed by atoms with Crippen molar-refractivity contribution in [2.75, 3.05) is 32.1 Å². The maximum absolute atomic E-state index is 5.82. The summed E-state index contributed by atoms with van der Waals surface area (Å²) in [5.41, 5.74) is 2.19. The van der Waals surface area contributed by atoms with Gasteiger partial charge in [-0.1, -0.05) is 29.8 Å². The first-order valence-electron chi connectivity index (χ1n) is 8.65. The van der Waals surface area contributed by atoms with Crippen LogP contribution in [0.5, 0.6) is 5.75 Å². The number of para-hydroxylation sites is 2. The van der Waals surface area contributed by atoms with Crippen molar-refractivity contribution >= 4 is 47.2 Å². The Bertz CT molecular complexity index is 756. The number of aliphatic imine (C=N–C) groups is 1. The van der Waals surface area contributed by atoms with E-state index in [1.807, 2.05) is 24.3 Å². The average Bonchev–Trinajstić information content (AvgIpc) is 3.14. The van der Waals surface area contributed by atoms with Gasteiger partial charge in [0.2, 0.25) is 0 Å². The van der Waals surface area contributed by atoms with Crippen LogP contribution in [-0.2, 0) is 6.54 Å². The maximum atomic E-state index is 5.82. The van der Waals surface area contributed by atoms with Crippen molar-refractivity contribution < 1.29 is 4.74 Å². The first-order chi connectivity index (χ1) is 12.7. The molecule has 0 amide bonds. The quantitative estimate of drug-likeness (QED) is 0.285. The number of rotatable bonds is 5. The number of methoxy groups -OCH3 is 1. The van der Waals surface area contributed by atoms with Gasteiger partial charge in [0.1, 0.15) is 10.9 Å². The minimum atomic E-state index is 0. The second-order valence-electron chi connectivity index (χ2n) is 6.16. The number of aromatic nitrogens is 1. The zero-order valence-electron chi connectivity index (χ0n) is 15.5. The Balaban J connectivity index is 0.00000261. The van der Waals surface area contributed by atoms with Gasteiger partial charge in [0.15, 0.2) is 5.96 Å². The molecule has 0 bridgehead atoms. The lowest BCUT2D eigenvalue weighted by Gasteiger charge is -2.22. The van der Waals surface area contributed by atoms with Gasteiger partial charge in [-0.2, -0.15) is 0 Å². The van der Waals surface area contributed by atoms with Gasteiger partial charge in [-0.3, -0.25) is 4.99 Å². The molecule has 2 aromatic rings. The van der Waals surface area contributed by atoms with Gasteiger partial charge in [0, 0.05) is 38.9 Å². The Morgan fingerprint density at radius 3 is 2.85 bits per heavy atom. The van der Waals surface area contributed by atoms with Gasteiger partial charge in [0.25, 0.3) is 0 Å². The summed E-state index contributed by atoms with van der Waals surface area (Å²) in [6, 6.07) is 12.2. The summed E-state index contributed by atoms with van der Waals surface area (Å²) in [5.74, 6) is 1.69. The standard InChI is InChI=1S/C19H24ClN5O.HI/c1-21-19(23-12-14-7-8-18(20)22-11-14)24-15-9-10-25(13-15)16-5-3-4-6-17(16)26-2;/h3-8,11,15H,9-10,12-13H2,1-2H3,(H2,21,23,24);1H. The first-order valence-corrected chi connectivity index (χ1v) is 9.03. The van der Waals surface area contributed by atoms with E-state index in [-0.39, 0.29) is 24.0 Å². The van der Waals surface area contributed by atoms with Gasteiger partial charge in [0.05, 0.1) is 12.8 Å². The topological polar surface area (TPSA) is 61.8 Å². The van der Waals surface area contributed by atoms with E-state index in [2.05, 4.69) is 31.6 Å². The highest BCUT2D eigenvalue weighted by Gasteiger charge is 2.25. The molecule has 0 aliphatic carbocycles. The number of nitrogens with zero attached hydrogens (tertiary/aromatic N) is 3. The van der Waals surface area contributed by atoms with Crippen LogP contribution in [-0.4, -0.2) is 44.2 Å². The van der Waals surface area contributed by atoms with Crippen LogP contribution >= 0.6 is 35.6 Å². The van der Waals surface area contributed by atoms with Crippen LogP contribution in [0.2, 0.25) is 5.15 Å². The van der Waals surface area contributed by atoms with Crippen LogP contribution in [0.25, 0.3) is 0 Å². The Morgan fingerprint density at radius 2 is 2.15 bits per heavy atom. The largest absolute Gasteiger partial charge is 0.495 e. The van der Waals surface area contributed by atoms with Crippen LogP contribution < -0.4 is 20.3 Å². The van der Waals surface area contributed by atoms with E-state index in [1.165, 1.54) is 0 Å². The molecule has 3 rings (SSSR count). The molecule has 27 heavy (non-hydrogen) atoms. The smallest absolute Gasteiger partial charge is 0.191 e. The minimum absolute atomic E-state index is 0. The van der Waals surface area contributed by atoms with E-state index < -0.39 is 0 Å². The lowest BCUT2D eigenvalue weighted by molar-refractivity contribution is 0.415. The van der Waals surface area contributed by atoms with Crippen molar-refractivity contribution in [3.8, 4) is 5.75 Å². The van der Waals surface area contributed by atoms with Crippen molar-refractivity contribution in [2.45, 2.75) is 19.0 Å². The number of halogens is 2. The Labute approximate surface area is 182 Å². The molecular weight excluding hydrogens is 477 g/mol. The highest BCUT2D eigenvalue weighted by molar-refractivity contribution is 14.0. The number of ether oxygens (including phenoxy) is 1. The van der Waals surface area contributed by atoms with Crippen molar-refractivity contribution in [1.29, 1.82) is 0 Å². The first kappa shape index (κ1) is 21.6. The van der Waals surface area contributed by atoms with Crippen molar-refractivity contribution in [3.63, 3.8) is 0 Å². The molecule has 0 saturated carbocycles. The third-order valence-electron chi connectivity index (χ3n) is 4.43. The second kappa shape index (κ2) is 10.6. The van der Waals surface area contributed by atoms with E-state index in [0.29, 0.717) is 17.7 Å². The van der Waals surface area contributed by atoms with Crippen molar-refractivity contribution in [3.05, 3.63) is 53.3 Å². The van der Waals surface area contributed by atoms with E-state index in [1.54, 1.807) is 26.4 Å². The highest BCUT2D eigenvalue weighted by atomic mass is 127. The summed E-state index contributed by atoms with van der Waals surface area (Å²) in [6.45, 7) is 2.53. The lowest BCUT2D eigenvalue weighted by atomic mass is 10.2. The van der Waals surface area contributed by atoms with Crippen molar-refractivity contribution in [1.82, 2.24) is 15.6 Å². The Kier molecular flexibility index (Phi) is 8.43. The number of pyridine rings is 1. The molecule has 1 atom stereocenters. The molecule has 1 saturated heterocycles. The summed E-state index contributed by atoms with van der Waals surface area (Å²) >= 11 is 5.82. The van der Waals surface area contributed by atoms with Crippen LogP contribution in [0.3, 0.4) is 0 Å². The summed E-state index contributed by atoms with van der Waals surface area (Å²) in [6.07, 6.45) is 2.81. The average molecular weight is 502 g/mol. The number of guanidine groups is 1. The molecule has 0 spiro atoms. The molecular formula is C19H25ClIN5O. The monoisotopic (exact) mass is 501 g/mol. The van der Waals surface area contributed by atoms with Gasteiger partial charge in [-0.25, -0.2) is 4.98 Å². The van der Waals surface area contributed by atoms with Gasteiger partial charge in [-0.15, -0.1) is 24.0 Å². The molecule has 1 aliphatic heterocycles. The van der Waals surface area contributed by atoms with Crippen LogP contribution in [0.1, 0.15) is 12.0 Å². The number of hydrogen-bond acceptors (Lipinski definition) is 4. The number of nitrogens with one attached hydrogen (secondary N) is 2. The van der Waals surface area contributed by atoms with Crippen LogP contribution in [0, 0.1) is 0 Å². The number of anilines is 1. The zero-order chi connectivity index (χ0) is 18.4. The summed E-state index contributed by atoms with van der Waals surface area (Å²) in [5, 5.41) is 7.31. The molecule has 1 aromatic heterocycles. The van der Waals surface area contributed by atoms with E-state index in [9.17, 15) is 0 Å². The summed E-state index contributed by atoms with van der Waals surface area (Å²) < 4.78 is 5.48. The Morgan fingerprint density at radius 1 is 1.33 bits per heavy atom. The predicted molar refractivity (Wildman–Crippen MR) is 122 cm³/mol. The number of hydrogen-bond donors (Lipinski definition) is 2.